The van der Waals surface area contributed by atoms with Crippen molar-refractivity contribution in [3.05, 3.63) is 59.7 Å². The Balaban J connectivity index is 0.000000209. The molecule has 4 nitrogen and oxygen atoms in total. The van der Waals surface area contributed by atoms with Crippen LogP contribution in [0.25, 0.3) is 11.1 Å². The zero-order chi connectivity index (χ0) is 22.0. The molecule has 3 rings (SSSR count). The Morgan fingerprint density at radius 1 is 0.690 bits per heavy atom. The fourth-order valence-electron chi connectivity index (χ4n) is 4.11. The van der Waals surface area contributed by atoms with Crippen LogP contribution in [0, 0.1) is 22.7 Å². The van der Waals surface area contributed by atoms with E-state index in [4.69, 9.17) is 0 Å². The highest BCUT2D eigenvalue weighted by Crippen LogP contribution is 2.41. The predicted molar refractivity (Wildman–Crippen MR) is 116 cm³/mol. The van der Waals surface area contributed by atoms with Crippen molar-refractivity contribution in [1.82, 2.24) is 0 Å². The normalized spacial score (nSPS) is 14.7. The van der Waals surface area contributed by atoms with Gasteiger partial charge in [-0.2, -0.15) is 0 Å². The average molecular weight is 397 g/mol. The first-order valence-corrected chi connectivity index (χ1v) is 9.96. The topological polar surface area (TPSA) is 74.6 Å². The van der Waals surface area contributed by atoms with Crippen molar-refractivity contribution in [3.63, 3.8) is 0 Å². The number of carboxylic acid groups (broad SMARTS) is 2. The molecular formula is C25H32O4. The molecule has 1 aliphatic carbocycles. The summed E-state index contributed by atoms with van der Waals surface area (Å²) in [5, 5.41) is 18.5. The summed E-state index contributed by atoms with van der Waals surface area (Å²) in [7, 11) is 0. The lowest BCUT2D eigenvalue weighted by atomic mass is 9.64. The van der Waals surface area contributed by atoms with Gasteiger partial charge in [-0.3, -0.25) is 9.59 Å². The van der Waals surface area contributed by atoms with Gasteiger partial charge in [-0.15, -0.1) is 0 Å². The second kappa shape index (κ2) is 8.40. The number of hydrogen-bond donors (Lipinski definition) is 2. The van der Waals surface area contributed by atoms with Crippen LogP contribution in [0.2, 0.25) is 0 Å². The van der Waals surface area contributed by atoms with E-state index in [-0.39, 0.29) is 0 Å². The molecule has 0 radical (unpaired) electrons. The monoisotopic (exact) mass is 396 g/mol. The minimum Gasteiger partial charge on any atom is -0.481 e. The quantitative estimate of drug-likeness (QED) is 0.592. The van der Waals surface area contributed by atoms with Gasteiger partial charge in [0, 0.05) is 0 Å². The molecule has 2 atom stereocenters. The zero-order valence-corrected chi connectivity index (χ0v) is 18.2. The van der Waals surface area contributed by atoms with Crippen LogP contribution in [-0.4, -0.2) is 22.2 Å². The SMILES string of the molecule is CC(C)(C)C(C(=O)O)C(C(=O)O)C(C)(C)C.c1ccc2c(c1)Cc1ccccc1-2. The highest BCUT2D eigenvalue weighted by Gasteiger charge is 2.47. The Bertz CT molecular complexity index is 811. The Labute approximate surface area is 173 Å². The number of fused-ring (bicyclic) bond motifs is 3. The number of carbonyl (C=O) groups is 2. The average Bonchev–Trinajstić information content (AvgIpc) is 2.96. The molecule has 0 amide bonds. The number of aliphatic carboxylic acids is 2. The van der Waals surface area contributed by atoms with Crippen molar-refractivity contribution >= 4 is 11.9 Å². The van der Waals surface area contributed by atoms with Crippen molar-refractivity contribution in [2.45, 2.75) is 48.0 Å². The summed E-state index contributed by atoms with van der Waals surface area (Å²) in [6.07, 6.45) is 1.10. The van der Waals surface area contributed by atoms with Gasteiger partial charge in [0.1, 0.15) is 0 Å². The van der Waals surface area contributed by atoms with Gasteiger partial charge in [0.15, 0.2) is 0 Å². The third-order valence-corrected chi connectivity index (χ3v) is 5.44. The van der Waals surface area contributed by atoms with E-state index in [1.54, 1.807) is 41.5 Å². The smallest absolute Gasteiger partial charge is 0.307 e. The molecule has 0 spiro atoms. The fraction of sp³-hybridized carbons (Fsp3) is 0.440. The van der Waals surface area contributed by atoms with E-state index < -0.39 is 34.6 Å². The highest BCUT2D eigenvalue weighted by molar-refractivity contribution is 5.81. The molecule has 0 bridgehead atoms. The molecule has 1 aliphatic rings. The maximum atomic E-state index is 11.3. The molecule has 2 unspecified atom stereocenters. The van der Waals surface area contributed by atoms with E-state index in [1.165, 1.54) is 22.3 Å². The van der Waals surface area contributed by atoms with Crippen molar-refractivity contribution < 1.29 is 19.8 Å². The molecular weight excluding hydrogens is 364 g/mol. The van der Waals surface area contributed by atoms with Gasteiger partial charge in [0.05, 0.1) is 11.8 Å². The largest absolute Gasteiger partial charge is 0.481 e. The van der Waals surface area contributed by atoms with Crippen LogP contribution in [0.4, 0.5) is 0 Å². The van der Waals surface area contributed by atoms with Crippen LogP contribution in [0.5, 0.6) is 0 Å². The number of hydrogen-bond acceptors (Lipinski definition) is 2. The van der Waals surface area contributed by atoms with E-state index >= 15 is 0 Å². The van der Waals surface area contributed by atoms with Gasteiger partial charge < -0.3 is 10.2 Å². The van der Waals surface area contributed by atoms with E-state index in [1.807, 2.05) is 0 Å². The molecule has 0 saturated carbocycles. The Kier molecular flexibility index (Phi) is 6.56. The van der Waals surface area contributed by atoms with E-state index in [0.29, 0.717) is 0 Å². The highest BCUT2D eigenvalue weighted by atomic mass is 16.4. The Morgan fingerprint density at radius 2 is 1.00 bits per heavy atom. The minimum atomic E-state index is -1.05. The molecule has 4 heteroatoms. The molecule has 29 heavy (non-hydrogen) atoms. The summed E-state index contributed by atoms with van der Waals surface area (Å²) in [4.78, 5) is 22.6. The third kappa shape index (κ3) is 5.26. The lowest BCUT2D eigenvalue weighted by Crippen LogP contribution is -2.45. The van der Waals surface area contributed by atoms with Crippen LogP contribution in [0.1, 0.15) is 52.7 Å². The molecule has 0 aliphatic heterocycles. The summed E-state index contributed by atoms with van der Waals surface area (Å²) in [5.74, 6) is -3.89. The molecule has 2 aromatic carbocycles. The second-order valence-corrected chi connectivity index (χ2v) is 9.85. The minimum absolute atomic E-state index is 0.581. The summed E-state index contributed by atoms with van der Waals surface area (Å²) in [5.41, 5.74) is 4.59. The molecule has 0 fully saturated rings. The maximum Gasteiger partial charge on any atom is 0.307 e. The summed E-state index contributed by atoms with van der Waals surface area (Å²) < 4.78 is 0. The zero-order valence-electron chi connectivity index (χ0n) is 18.2. The van der Waals surface area contributed by atoms with Crippen molar-refractivity contribution in [3.8, 4) is 11.1 Å². The Hall–Kier alpha value is -2.62. The van der Waals surface area contributed by atoms with E-state index in [2.05, 4.69) is 48.5 Å². The molecule has 0 aromatic heterocycles. The van der Waals surface area contributed by atoms with Crippen LogP contribution < -0.4 is 0 Å². The fourth-order valence-corrected chi connectivity index (χ4v) is 4.11. The first-order chi connectivity index (χ1) is 13.3. The van der Waals surface area contributed by atoms with Crippen LogP contribution in [0.15, 0.2) is 48.5 Å². The lowest BCUT2D eigenvalue weighted by Gasteiger charge is -2.38. The predicted octanol–water partition coefficient (Wildman–Crippen LogP) is 5.74. The van der Waals surface area contributed by atoms with Gasteiger partial charge in [-0.1, -0.05) is 90.1 Å². The lowest BCUT2D eigenvalue weighted by molar-refractivity contribution is -0.163. The van der Waals surface area contributed by atoms with Crippen LogP contribution in [0.3, 0.4) is 0 Å². The van der Waals surface area contributed by atoms with Gasteiger partial charge in [-0.25, -0.2) is 0 Å². The first kappa shape index (κ1) is 22.7. The first-order valence-electron chi connectivity index (χ1n) is 9.96. The van der Waals surface area contributed by atoms with E-state index in [0.717, 1.165) is 6.42 Å². The van der Waals surface area contributed by atoms with Crippen LogP contribution >= 0.6 is 0 Å². The van der Waals surface area contributed by atoms with Gasteiger partial charge in [0.2, 0.25) is 0 Å². The second-order valence-electron chi connectivity index (χ2n) is 9.85. The Morgan fingerprint density at radius 3 is 1.28 bits per heavy atom. The molecule has 156 valence electrons. The van der Waals surface area contributed by atoms with Crippen molar-refractivity contribution in [1.29, 1.82) is 0 Å². The number of rotatable bonds is 3. The third-order valence-electron chi connectivity index (χ3n) is 5.44. The summed E-state index contributed by atoms with van der Waals surface area (Å²) in [6.45, 7) is 10.5. The van der Waals surface area contributed by atoms with Crippen LogP contribution in [-0.2, 0) is 16.0 Å². The number of benzene rings is 2. The van der Waals surface area contributed by atoms with Gasteiger partial charge in [0.25, 0.3) is 0 Å². The number of carboxylic acids is 2. The standard InChI is InChI=1S/C13H10.C12H22O4/c1-3-7-12-10(5-1)9-11-6-2-4-8-13(11)12;1-11(2,3)7(9(13)14)8(10(15)16)12(4,5)6/h1-8H,9H2;7-8H,1-6H3,(H,13,14)(H,15,16). The van der Waals surface area contributed by atoms with E-state index in [9.17, 15) is 19.8 Å². The maximum absolute atomic E-state index is 11.3. The van der Waals surface area contributed by atoms with Crippen molar-refractivity contribution in [2.24, 2.45) is 22.7 Å². The molecule has 2 aromatic rings. The molecule has 0 saturated heterocycles. The van der Waals surface area contributed by atoms with Crippen molar-refractivity contribution in [2.75, 3.05) is 0 Å². The summed E-state index contributed by atoms with van der Waals surface area (Å²) >= 11 is 0. The van der Waals surface area contributed by atoms with Gasteiger partial charge >= 0.3 is 11.9 Å². The molecule has 0 heterocycles. The molecule has 2 N–H and O–H groups in total. The van der Waals surface area contributed by atoms with Gasteiger partial charge in [-0.05, 0) is 39.5 Å². The summed E-state index contributed by atoms with van der Waals surface area (Å²) in [6, 6.07) is 17.3.